The van der Waals surface area contributed by atoms with Gasteiger partial charge in [0, 0.05) is 18.7 Å². The molecule has 2 rings (SSSR count). The van der Waals surface area contributed by atoms with Crippen LogP contribution in [-0.4, -0.2) is 31.1 Å². The van der Waals surface area contributed by atoms with E-state index in [9.17, 15) is 8.78 Å². The highest BCUT2D eigenvalue weighted by Gasteiger charge is 2.27. The number of nitrogens with one attached hydrogen (secondary N) is 1. The van der Waals surface area contributed by atoms with Crippen molar-refractivity contribution in [2.75, 3.05) is 18.0 Å². The number of hydrogen-bond donors (Lipinski definition) is 2. The summed E-state index contributed by atoms with van der Waals surface area (Å²) in [7, 11) is 0. The lowest BCUT2D eigenvalue weighted by Crippen LogP contribution is -2.46. The third-order valence-corrected chi connectivity index (χ3v) is 3.06. The zero-order valence-electron chi connectivity index (χ0n) is 10.9. The minimum atomic E-state index is -0.702. The standard InChI is InChI=1S/C13H17F2N3O/c1-7-5-18(6-8(2)19-7)12-10(14)3-9(13(16)17)4-11(12)15/h3-4,7-8H,5-6H2,1-2H3,(H3,16,17)/t7-,8+. The summed E-state index contributed by atoms with van der Waals surface area (Å²) in [6.07, 6.45) is -0.176. The smallest absolute Gasteiger partial charge is 0.150 e. The fourth-order valence-corrected chi connectivity index (χ4v) is 2.38. The summed E-state index contributed by atoms with van der Waals surface area (Å²) in [5.74, 6) is -1.76. The van der Waals surface area contributed by atoms with Crippen LogP contribution in [0.1, 0.15) is 19.4 Å². The molecule has 0 amide bonds. The van der Waals surface area contributed by atoms with Gasteiger partial charge in [-0.05, 0) is 26.0 Å². The number of benzene rings is 1. The lowest BCUT2D eigenvalue weighted by atomic mass is 10.1. The van der Waals surface area contributed by atoms with E-state index in [0.717, 1.165) is 12.1 Å². The zero-order valence-corrected chi connectivity index (χ0v) is 10.9. The summed E-state index contributed by atoms with van der Waals surface area (Å²) in [4.78, 5) is 1.63. The molecule has 1 saturated heterocycles. The zero-order chi connectivity index (χ0) is 14.2. The van der Waals surface area contributed by atoms with Crippen LogP contribution in [0.25, 0.3) is 0 Å². The molecule has 104 valence electrons. The van der Waals surface area contributed by atoms with Crippen LogP contribution in [0.5, 0.6) is 0 Å². The van der Waals surface area contributed by atoms with E-state index in [0.29, 0.717) is 13.1 Å². The van der Waals surface area contributed by atoms with Gasteiger partial charge in [0.1, 0.15) is 23.2 Å². The topological polar surface area (TPSA) is 62.3 Å². The first kappa shape index (κ1) is 13.7. The molecule has 1 fully saturated rings. The Kier molecular flexibility index (Phi) is 3.71. The number of halogens is 2. The van der Waals surface area contributed by atoms with Crippen LogP contribution in [0.2, 0.25) is 0 Å². The molecule has 0 radical (unpaired) electrons. The Labute approximate surface area is 110 Å². The van der Waals surface area contributed by atoms with Crippen molar-refractivity contribution >= 4 is 11.5 Å². The average Bonchev–Trinajstić information content (AvgIpc) is 2.26. The molecule has 1 aromatic rings. The van der Waals surface area contributed by atoms with Crippen LogP contribution in [0.15, 0.2) is 12.1 Å². The minimum Gasteiger partial charge on any atom is -0.384 e. The molecule has 2 atom stereocenters. The molecular weight excluding hydrogens is 252 g/mol. The van der Waals surface area contributed by atoms with Gasteiger partial charge >= 0.3 is 0 Å². The monoisotopic (exact) mass is 269 g/mol. The number of nitrogens with two attached hydrogens (primary N) is 1. The van der Waals surface area contributed by atoms with Crippen molar-refractivity contribution < 1.29 is 13.5 Å². The van der Waals surface area contributed by atoms with E-state index in [1.54, 1.807) is 4.90 Å². The fourth-order valence-electron chi connectivity index (χ4n) is 2.38. The number of rotatable bonds is 2. The molecule has 1 heterocycles. The molecule has 0 saturated carbocycles. The summed E-state index contributed by atoms with van der Waals surface area (Å²) >= 11 is 0. The molecule has 0 aliphatic carbocycles. The Hall–Kier alpha value is -1.69. The van der Waals surface area contributed by atoms with Gasteiger partial charge in [-0.3, -0.25) is 5.41 Å². The number of hydrogen-bond acceptors (Lipinski definition) is 3. The third-order valence-electron chi connectivity index (χ3n) is 3.06. The molecule has 1 aromatic carbocycles. The average molecular weight is 269 g/mol. The van der Waals surface area contributed by atoms with E-state index in [2.05, 4.69) is 0 Å². The lowest BCUT2D eigenvalue weighted by molar-refractivity contribution is -0.00558. The van der Waals surface area contributed by atoms with E-state index >= 15 is 0 Å². The van der Waals surface area contributed by atoms with Gasteiger partial charge in [0.2, 0.25) is 0 Å². The van der Waals surface area contributed by atoms with Gasteiger partial charge in [-0.15, -0.1) is 0 Å². The second kappa shape index (κ2) is 5.13. The number of nitrogen functional groups attached to an aromatic ring is 1. The van der Waals surface area contributed by atoms with Gasteiger partial charge in [-0.1, -0.05) is 0 Å². The van der Waals surface area contributed by atoms with Crippen molar-refractivity contribution in [1.29, 1.82) is 5.41 Å². The van der Waals surface area contributed by atoms with Crippen LogP contribution in [0, 0.1) is 17.0 Å². The van der Waals surface area contributed by atoms with E-state index < -0.39 is 11.6 Å². The van der Waals surface area contributed by atoms with Gasteiger partial charge < -0.3 is 15.4 Å². The van der Waals surface area contributed by atoms with Crippen molar-refractivity contribution in [3.05, 3.63) is 29.3 Å². The second-order valence-electron chi connectivity index (χ2n) is 4.86. The second-order valence-corrected chi connectivity index (χ2v) is 4.86. The van der Waals surface area contributed by atoms with Crippen molar-refractivity contribution in [3.8, 4) is 0 Å². The molecule has 6 heteroatoms. The van der Waals surface area contributed by atoms with Gasteiger partial charge in [0.15, 0.2) is 0 Å². The molecule has 3 N–H and O–H groups in total. The SMILES string of the molecule is C[C@@H]1CN(c2c(F)cc(C(=N)N)cc2F)C[C@H](C)O1. The molecule has 0 unspecified atom stereocenters. The lowest BCUT2D eigenvalue weighted by Gasteiger charge is -2.37. The van der Waals surface area contributed by atoms with Crippen molar-refractivity contribution in [2.45, 2.75) is 26.1 Å². The quantitative estimate of drug-likeness (QED) is 0.636. The number of amidine groups is 1. The fraction of sp³-hybridized carbons (Fsp3) is 0.462. The van der Waals surface area contributed by atoms with E-state index in [1.807, 2.05) is 13.8 Å². The predicted molar refractivity (Wildman–Crippen MR) is 69.6 cm³/mol. The first-order valence-corrected chi connectivity index (χ1v) is 6.12. The van der Waals surface area contributed by atoms with E-state index in [-0.39, 0.29) is 29.3 Å². The van der Waals surface area contributed by atoms with Gasteiger partial charge in [0.25, 0.3) is 0 Å². The van der Waals surface area contributed by atoms with Gasteiger partial charge in [0.05, 0.1) is 12.2 Å². The summed E-state index contributed by atoms with van der Waals surface area (Å²) in [6.45, 7) is 4.58. The molecule has 0 aromatic heterocycles. The first-order chi connectivity index (χ1) is 8.88. The summed E-state index contributed by atoms with van der Waals surface area (Å²) in [5, 5.41) is 7.22. The molecule has 19 heavy (non-hydrogen) atoms. The molecule has 0 bridgehead atoms. The van der Waals surface area contributed by atoms with Crippen molar-refractivity contribution in [2.24, 2.45) is 5.73 Å². The van der Waals surface area contributed by atoms with Gasteiger partial charge in [-0.25, -0.2) is 8.78 Å². The number of morpholine rings is 1. The normalized spacial score (nSPS) is 23.5. The summed E-state index contributed by atoms with van der Waals surface area (Å²) < 4.78 is 33.6. The van der Waals surface area contributed by atoms with Crippen LogP contribution in [-0.2, 0) is 4.74 Å². The molecule has 1 aliphatic heterocycles. The Bertz CT molecular complexity index is 474. The van der Waals surface area contributed by atoms with Crippen LogP contribution < -0.4 is 10.6 Å². The molecule has 4 nitrogen and oxygen atoms in total. The molecular formula is C13H17F2N3O. The Morgan fingerprint density at radius 2 is 1.74 bits per heavy atom. The van der Waals surface area contributed by atoms with E-state index in [1.165, 1.54) is 0 Å². The highest BCUT2D eigenvalue weighted by Crippen LogP contribution is 2.27. The largest absolute Gasteiger partial charge is 0.384 e. The maximum absolute atomic E-state index is 14.0. The first-order valence-electron chi connectivity index (χ1n) is 6.12. The maximum Gasteiger partial charge on any atom is 0.150 e. The number of anilines is 1. The highest BCUT2D eigenvalue weighted by molar-refractivity contribution is 5.95. The summed E-state index contributed by atoms with van der Waals surface area (Å²) in [5.41, 5.74) is 5.21. The minimum absolute atomic E-state index is 0.0492. The van der Waals surface area contributed by atoms with Gasteiger partial charge in [-0.2, -0.15) is 0 Å². The molecule has 0 spiro atoms. The summed E-state index contributed by atoms with van der Waals surface area (Å²) in [6, 6.07) is 2.18. The highest BCUT2D eigenvalue weighted by atomic mass is 19.1. The Morgan fingerprint density at radius 3 is 2.16 bits per heavy atom. The number of ether oxygens (including phenoxy) is 1. The van der Waals surface area contributed by atoms with Crippen molar-refractivity contribution in [1.82, 2.24) is 0 Å². The molecule has 1 aliphatic rings. The van der Waals surface area contributed by atoms with Crippen LogP contribution >= 0.6 is 0 Å². The van der Waals surface area contributed by atoms with E-state index in [4.69, 9.17) is 15.9 Å². The third kappa shape index (κ3) is 2.84. The van der Waals surface area contributed by atoms with Crippen molar-refractivity contribution in [3.63, 3.8) is 0 Å². The van der Waals surface area contributed by atoms with Crippen LogP contribution in [0.4, 0.5) is 14.5 Å². The number of nitrogens with zero attached hydrogens (tertiary/aromatic N) is 1. The Morgan fingerprint density at radius 1 is 1.26 bits per heavy atom. The maximum atomic E-state index is 14.0. The predicted octanol–water partition coefficient (Wildman–Crippen LogP) is 1.86. The Balaban J connectivity index is 2.37. The van der Waals surface area contributed by atoms with Crippen LogP contribution in [0.3, 0.4) is 0 Å².